The van der Waals surface area contributed by atoms with Gasteiger partial charge in [-0.25, -0.2) is 0 Å². The average molecular weight is 952 g/mol. The normalized spacial score (nSPS) is 29.4. The van der Waals surface area contributed by atoms with Crippen LogP contribution in [-0.4, -0.2) is 122 Å². The number of allylic oxidation sites excluding steroid dienone is 2. The maximum absolute atomic E-state index is 14.7. The second kappa shape index (κ2) is 21.0. The molecule has 1 fully saturated rings. The molecule has 0 radical (unpaired) electrons. The first-order chi connectivity index (χ1) is 32.6. The number of hydrogen-bond acceptors (Lipinski definition) is 16. The first-order valence-electron chi connectivity index (χ1n) is 23.2. The van der Waals surface area contributed by atoms with E-state index in [0.29, 0.717) is 25.2 Å². The summed E-state index contributed by atoms with van der Waals surface area (Å²) < 4.78 is 23.8. The zero-order chi connectivity index (χ0) is 50.8. The Morgan fingerprint density at radius 2 is 1.62 bits per heavy atom. The van der Waals surface area contributed by atoms with E-state index in [2.05, 4.69) is 16.3 Å². The van der Waals surface area contributed by atoms with Gasteiger partial charge in [-0.15, -0.1) is 0 Å². The molecule has 0 unspecified atom stereocenters. The van der Waals surface area contributed by atoms with E-state index < -0.39 is 88.8 Å². The summed E-state index contributed by atoms with van der Waals surface area (Å²) in [7, 11) is 1.43. The summed E-state index contributed by atoms with van der Waals surface area (Å²) in [6.07, 6.45) is 4.74. The Bertz CT molecular complexity index is 2630. The van der Waals surface area contributed by atoms with Gasteiger partial charge in [-0.1, -0.05) is 64.1 Å². The Morgan fingerprint density at radius 1 is 0.957 bits per heavy atom. The maximum Gasteiger partial charge on any atom is 0.312 e. The molecule has 11 atom stereocenters. The smallest absolute Gasteiger partial charge is 0.312 e. The van der Waals surface area contributed by atoms with Crippen LogP contribution in [0.3, 0.4) is 0 Å². The van der Waals surface area contributed by atoms with E-state index in [1.807, 2.05) is 37.1 Å². The lowest BCUT2D eigenvalue weighted by atomic mass is 9.78. The number of nitrogens with one attached hydrogen (secondary N) is 1. The number of methoxy groups -OCH3 is 1. The minimum atomic E-state index is -2.09. The van der Waals surface area contributed by atoms with E-state index in [1.165, 1.54) is 59.4 Å². The highest BCUT2D eigenvalue weighted by Crippen LogP contribution is 2.55. The lowest BCUT2D eigenvalue weighted by Gasteiger charge is -2.43. The lowest BCUT2D eigenvalue weighted by molar-refractivity contribution is -0.160. The van der Waals surface area contributed by atoms with Crippen LogP contribution in [0.2, 0.25) is 0 Å². The zero-order valence-corrected chi connectivity index (χ0v) is 41.1. The van der Waals surface area contributed by atoms with Gasteiger partial charge in [0.1, 0.15) is 23.4 Å². The van der Waals surface area contributed by atoms with Crippen molar-refractivity contribution in [3.05, 3.63) is 88.2 Å². The number of phenols is 3. The minimum Gasteiger partial charge on any atom is -0.507 e. The largest absolute Gasteiger partial charge is 0.507 e. The topological polar surface area (TPSA) is 244 Å². The number of ether oxygens (including phenoxy) is 4. The Labute approximate surface area is 402 Å². The van der Waals surface area contributed by atoms with Crippen LogP contribution in [0.4, 0.5) is 5.69 Å². The summed E-state index contributed by atoms with van der Waals surface area (Å²) in [4.78, 5) is 43.3. The molecule has 1 saturated heterocycles. The molecule has 4 heterocycles. The molecule has 3 aromatic rings. The van der Waals surface area contributed by atoms with Crippen LogP contribution in [0.1, 0.15) is 94.9 Å². The number of carbonyl (C=O) groups excluding carboxylic acids is 3. The maximum atomic E-state index is 14.7. The van der Waals surface area contributed by atoms with Crippen LogP contribution >= 0.6 is 0 Å². The molecule has 5 bridgehead atoms. The summed E-state index contributed by atoms with van der Waals surface area (Å²) in [6, 6.07) is 9.29. The number of aromatic hydroxyl groups is 3. The number of esters is 1. The number of ketones is 1. The van der Waals surface area contributed by atoms with Gasteiger partial charge in [0.05, 0.1) is 76.7 Å². The van der Waals surface area contributed by atoms with Crippen LogP contribution in [0, 0.1) is 41.9 Å². The molecule has 7 rings (SSSR count). The van der Waals surface area contributed by atoms with Gasteiger partial charge in [0.15, 0.2) is 5.75 Å². The number of aliphatic hydroxyl groups excluding tert-OH is 2. The molecule has 3 aromatic carbocycles. The molecule has 0 aromatic heterocycles. The molecular formula is C52H65N5O12. The molecule has 0 aliphatic carbocycles. The molecule has 370 valence electrons. The van der Waals surface area contributed by atoms with Gasteiger partial charge < -0.3 is 49.8 Å². The number of carbonyl (C=O) groups is 3. The predicted octanol–water partition coefficient (Wildman–Crippen LogP) is 6.55. The molecule has 6 N–H and O–H groups in total. The lowest BCUT2D eigenvalue weighted by Crippen LogP contribution is -2.54. The van der Waals surface area contributed by atoms with Crippen LogP contribution < -0.4 is 10.1 Å². The Hall–Kier alpha value is -6.45. The van der Waals surface area contributed by atoms with E-state index in [0.717, 1.165) is 5.56 Å². The van der Waals surface area contributed by atoms with Gasteiger partial charge in [-0.2, -0.15) is 10.4 Å². The number of hydrogen-bond donors (Lipinski definition) is 6. The molecule has 17 nitrogen and oxygen atoms in total. The predicted molar refractivity (Wildman–Crippen MR) is 259 cm³/mol. The van der Waals surface area contributed by atoms with Crippen molar-refractivity contribution in [2.24, 2.45) is 28.8 Å². The van der Waals surface area contributed by atoms with E-state index in [4.69, 9.17) is 24.0 Å². The van der Waals surface area contributed by atoms with Crippen molar-refractivity contribution in [3.63, 3.8) is 0 Å². The number of benzene rings is 3. The standard InChI is InChI=1S/C52H65N5O12/c1-26-15-14-16-27(2)51(65)55-42-37(22-54-57-28(3)23-56(24-29(57)4)25-36-18-13-12-17-35(36)21-53)46(62)39-40(47(42)63)45(61)33(8)49-41(39)50(64)52(10,69-49)67-20-19-38(66-11)30(5)48(68-34(9)58)32(7)44(60)31(6)43(26)59/h12-20,22,26,28-32,38,43-44,48,59-63H,23-25H2,1-11H3,(H,55,65)/t26-,28-,29+,30+,31-,32-,38+,43-,44-,48+,52-/m0/s1. The SMILES string of the molecule is CO[C@@H]1C=CO[C@@]2(C)Oc3c(C)c(O)c4c(O)c(c(C=NN5[C@H](C)CN(Cc6ccccc6C#N)C[C@@H]5C)c(O)c4c3C2=O)NC(=O)C(C)=CC=C[C@H](C)[C@H](O)[C@H](C)[C@H](O)[C@H](C)[C@H](OC(C)=O)[C@@H]1C. The van der Waals surface area contributed by atoms with E-state index in [9.17, 15) is 45.2 Å². The summed E-state index contributed by atoms with van der Waals surface area (Å²) in [5, 5.41) is 77.8. The summed E-state index contributed by atoms with van der Waals surface area (Å²) in [5.74, 6) is -8.67. The molecule has 69 heavy (non-hydrogen) atoms. The summed E-state index contributed by atoms with van der Waals surface area (Å²) >= 11 is 0. The van der Waals surface area contributed by atoms with Crippen molar-refractivity contribution in [1.29, 1.82) is 5.26 Å². The van der Waals surface area contributed by atoms with E-state index >= 15 is 0 Å². The number of nitriles is 1. The fraction of sp³-hybridized carbons (Fsp3) is 0.481. The number of phenolic OH excluding ortho intramolecular Hbond substituents is 3. The first-order valence-corrected chi connectivity index (χ1v) is 23.2. The van der Waals surface area contributed by atoms with Crippen molar-refractivity contribution in [1.82, 2.24) is 9.91 Å². The molecule has 1 amide bonds. The number of fused-ring (bicyclic) bond motifs is 14. The number of aliphatic hydroxyl groups is 2. The van der Waals surface area contributed by atoms with Crippen LogP contribution in [-0.2, 0) is 30.3 Å². The monoisotopic (exact) mass is 951 g/mol. The molecule has 17 heteroatoms. The van der Waals surface area contributed by atoms with Crippen molar-refractivity contribution in [2.45, 2.75) is 118 Å². The van der Waals surface area contributed by atoms with Gasteiger partial charge in [0.25, 0.3) is 11.7 Å². The number of amides is 1. The van der Waals surface area contributed by atoms with Crippen molar-refractivity contribution < 1.29 is 58.9 Å². The minimum absolute atomic E-state index is 0.0332. The second-order valence-corrected chi connectivity index (χ2v) is 18.9. The second-order valence-electron chi connectivity index (χ2n) is 18.9. The van der Waals surface area contributed by atoms with Crippen LogP contribution in [0.25, 0.3) is 10.8 Å². The molecule has 0 spiro atoms. The summed E-state index contributed by atoms with van der Waals surface area (Å²) in [5.41, 5.74) is 0.978. The number of Topliss-reactive ketones (excluding diaryl/α,β-unsaturated/α-hetero) is 1. The highest BCUT2D eigenvalue weighted by Gasteiger charge is 2.50. The fourth-order valence-electron chi connectivity index (χ4n) is 9.79. The highest BCUT2D eigenvalue weighted by atomic mass is 16.7. The molecular weight excluding hydrogens is 887 g/mol. The van der Waals surface area contributed by atoms with Crippen molar-refractivity contribution in [3.8, 4) is 29.1 Å². The van der Waals surface area contributed by atoms with Crippen molar-refractivity contribution >= 4 is 40.3 Å². The van der Waals surface area contributed by atoms with Crippen LogP contribution in [0.15, 0.2) is 65.5 Å². The van der Waals surface area contributed by atoms with Gasteiger partial charge in [0.2, 0.25) is 0 Å². The Kier molecular flexibility index (Phi) is 15.8. The van der Waals surface area contributed by atoms with Gasteiger partial charge >= 0.3 is 11.8 Å². The number of piperazine rings is 1. The van der Waals surface area contributed by atoms with Gasteiger partial charge in [-0.05, 0) is 45.4 Å². The van der Waals surface area contributed by atoms with E-state index in [1.54, 1.807) is 45.9 Å². The van der Waals surface area contributed by atoms with Gasteiger partial charge in [0, 0.05) is 80.8 Å². The number of hydrazone groups is 1. The molecule has 4 aliphatic heterocycles. The molecule has 0 saturated carbocycles. The fourth-order valence-corrected chi connectivity index (χ4v) is 9.79. The van der Waals surface area contributed by atoms with Gasteiger partial charge in [-0.3, -0.25) is 24.3 Å². The Morgan fingerprint density at radius 3 is 2.26 bits per heavy atom. The first kappa shape index (κ1) is 51.9. The third kappa shape index (κ3) is 10.3. The van der Waals surface area contributed by atoms with Crippen molar-refractivity contribution in [2.75, 3.05) is 25.5 Å². The number of anilines is 1. The Balaban J connectivity index is 1.48. The quantitative estimate of drug-likeness (QED) is 0.0664. The summed E-state index contributed by atoms with van der Waals surface area (Å²) in [6.45, 7) is 18.1. The third-order valence-corrected chi connectivity index (χ3v) is 13.8. The van der Waals surface area contributed by atoms with E-state index in [-0.39, 0.29) is 56.6 Å². The zero-order valence-electron chi connectivity index (χ0n) is 41.1. The number of rotatable bonds is 6. The molecule has 4 aliphatic rings. The average Bonchev–Trinajstić information content (AvgIpc) is 3.57. The van der Waals surface area contributed by atoms with Crippen LogP contribution in [0.5, 0.6) is 23.0 Å². The highest BCUT2D eigenvalue weighted by molar-refractivity contribution is 6.23. The number of nitrogens with zero attached hydrogens (tertiary/aromatic N) is 4. The third-order valence-electron chi connectivity index (χ3n) is 13.8.